The normalized spacial score (nSPS) is 13.2. The molecular weight excluding hydrogens is 270 g/mol. The minimum absolute atomic E-state index is 0.385. The third kappa shape index (κ3) is 3.85. The molecule has 0 saturated carbocycles. The minimum Gasteiger partial charge on any atom is -0.454 e. The molecule has 0 radical (unpaired) electrons. The van der Waals surface area contributed by atoms with E-state index in [-0.39, 0.29) is 6.10 Å². The summed E-state index contributed by atoms with van der Waals surface area (Å²) < 4.78 is 3.09. The van der Waals surface area contributed by atoms with Crippen molar-refractivity contribution in [2.75, 3.05) is 0 Å². The van der Waals surface area contributed by atoms with Crippen LogP contribution in [0.25, 0.3) is 0 Å². The third-order valence-corrected chi connectivity index (χ3v) is 2.49. The molecule has 0 unspecified atom stereocenters. The highest BCUT2D eigenvalue weighted by Gasteiger charge is 2.34. The molecule has 1 rings (SSSR count). The maximum absolute atomic E-state index is 11.4. The van der Waals surface area contributed by atoms with Crippen molar-refractivity contribution >= 4 is 40.8 Å². The molecule has 0 bridgehead atoms. The van der Waals surface area contributed by atoms with Crippen molar-refractivity contribution in [2.24, 2.45) is 0 Å². The molecule has 0 spiro atoms. The van der Waals surface area contributed by atoms with Gasteiger partial charge in [-0.05, 0) is 12.0 Å². The first-order chi connectivity index (χ1) is 7.45. The van der Waals surface area contributed by atoms with Gasteiger partial charge in [0.1, 0.15) is 6.10 Å². The summed E-state index contributed by atoms with van der Waals surface area (Å²) in [7, 11) is 0. The molecule has 88 valence electrons. The van der Waals surface area contributed by atoms with Gasteiger partial charge in [0.2, 0.25) is 0 Å². The lowest BCUT2D eigenvalue weighted by molar-refractivity contribution is -0.148. The van der Waals surface area contributed by atoms with Crippen LogP contribution in [0.5, 0.6) is 0 Å². The Kier molecular flexibility index (Phi) is 4.90. The molecule has 0 fully saturated rings. The second-order valence-corrected chi connectivity index (χ2v) is 5.49. The molecule has 1 atom stereocenters. The first-order valence-corrected chi connectivity index (χ1v) is 5.91. The Morgan fingerprint density at radius 2 is 1.88 bits per heavy atom. The zero-order chi connectivity index (χ0) is 12.2. The van der Waals surface area contributed by atoms with Gasteiger partial charge in [0.15, 0.2) is 0 Å². The van der Waals surface area contributed by atoms with Crippen molar-refractivity contribution in [2.45, 2.75) is 23.2 Å². The quantitative estimate of drug-likeness (QED) is 0.617. The Morgan fingerprint density at radius 3 is 2.31 bits per heavy atom. The van der Waals surface area contributed by atoms with Gasteiger partial charge in [0.25, 0.3) is 3.79 Å². The van der Waals surface area contributed by atoms with Gasteiger partial charge in [-0.1, -0.05) is 72.1 Å². The first-order valence-electron chi connectivity index (χ1n) is 4.78. The molecule has 0 saturated heterocycles. The SMILES string of the molecule is CC[C@@H](OC(=O)C(Cl)(Cl)Cl)c1ccccc1. The van der Waals surface area contributed by atoms with Crippen molar-refractivity contribution in [1.29, 1.82) is 0 Å². The Hall–Kier alpha value is -0.440. The number of rotatable bonds is 3. The summed E-state index contributed by atoms with van der Waals surface area (Å²) in [5.74, 6) is -0.854. The molecule has 0 N–H and O–H groups in total. The Balaban J connectivity index is 2.75. The van der Waals surface area contributed by atoms with Gasteiger partial charge in [-0.3, -0.25) is 0 Å². The Labute approximate surface area is 109 Å². The third-order valence-electron chi connectivity index (χ3n) is 2.02. The van der Waals surface area contributed by atoms with E-state index in [0.717, 1.165) is 5.56 Å². The molecule has 0 amide bonds. The molecule has 0 aliphatic rings. The molecule has 0 aliphatic carbocycles. The lowest BCUT2D eigenvalue weighted by Gasteiger charge is -2.19. The average molecular weight is 282 g/mol. The van der Waals surface area contributed by atoms with Crippen LogP contribution in [0, 0.1) is 0 Å². The lowest BCUT2D eigenvalue weighted by atomic mass is 10.1. The number of carbonyl (C=O) groups excluding carboxylic acids is 1. The molecule has 1 aromatic carbocycles. The highest BCUT2D eigenvalue weighted by Crippen LogP contribution is 2.31. The first kappa shape index (κ1) is 13.6. The van der Waals surface area contributed by atoms with Gasteiger partial charge in [0, 0.05) is 0 Å². The van der Waals surface area contributed by atoms with Crippen LogP contribution in [-0.4, -0.2) is 9.76 Å². The van der Waals surface area contributed by atoms with E-state index in [2.05, 4.69) is 0 Å². The maximum atomic E-state index is 11.4. The average Bonchev–Trinajstić information content (AvgIpc) is 2.25. The van der Waals surface area contributed by atoms with Crippen LogP contribution < -0.4 is 0 Å². The van der Waals surface area contributed by atoms with Crippen molar-refractivity contribution in [1.82, 2.24) is 0 Å². The number of benzene rings is 1. The van der Waals surface area contributed by atoms with E-state index in [1.807, 2.05) is 37.3 Å². The lowest BCUT2D eigenvalue weighted by Crippen LogP contribution is -2.24. The molecule has 0 heterocycles. The number of hydrogen-bond acceptors (Lipinski definition) is 2. The molecule has 0 aromatic heterocycles. The summed E-state index contributed by atoms with van der Waals surface area (Å²) in [6.07, 6.45) is 0.237. The van der Waals surface area contributed by atoms with E-state index in [1.165, 1.54) is 0 Å². The zero-order valence-electron chi connectivity index (χ0n) is 8.62. The Bertz CT molecular complexity index is 346. The number of halogens is 3. The van der Waals surface area contributed by atoms with Crippen molar-refractivity contribution in [3.8, 4) is 0 Å². The van der Waals surface area contributed by atoms with Crippen molar-refractivity contribution < 1.29 is 9.53 Å². The smallest absolute Gasteiger partial charge is 0.359 e. The van der Waals surface area contributed by atoms with Crippen molar-refractivity contribution in [3.05, 3.63) is 35.9 Å². The van der Waals surface area contributed by atoms with Crippen LogP contribution in [0.2, 0.25) is 0 Å². The number of carbonyl (C=O) groups is 1. The summed E-state index contributed by atoms with van der Waals surface area (Å²) in [5, 5.41) is 0. The summed E-state index contributed by atoms with van der Waals surface area (Å²) in [5.41, 5.74) is 0.882. The minimum atomic E-state index is -2.03. The highest BCUT2D eigenvalue weighted by atomic mass is 35.6. The predicted molar refractivity (Wildman–Crippen MR) is 65.9 cm³/mol. The predicted octanol–water partition coefficient (Wildman–Crippen LogP) is 4.05. The van der Waals surface area contributed by atoms with Gasteiger partial charge < -0.3 is 4.74 Å². The van der Waals surface area contributed by atoms with E-state index in [9.17, 15) is 4.79 Å². The summed E-state index contributed by atoms with van der Waals surface area (Å²) >= 11 is 16.3. The van der Waals surface area contributed by atoms with E-state index in [0.29, 0.717) is 6.42 Å². The molecule has 2 nitrogen and oxygen atoms in total. The van der Waals surface area contributed by atoms with Crippen LogP contribution >= 0.6 is 34.8 Å². The van der Waals surface area contributed by atoms with E-state index in [4.69, 9.17) is 39.5 Å². The molecule has 1 aromatic rings. The topological polar surface area (TPSA) is 26.3 Å². The van der Waals surface area contributed by atoms with Gasteiger partial charge >= 0.3 is 5.97 Å². The van der Waals surface area contributed by atoms with Gasteiger partial charge in [0.05, 0.1) is 0 Å². The largest absolute Gasteiger partial charge is 0.454 e. The number of ether oxygens (including phenoxy) is 1. The summed E-state index contributed by atoms with van der Waals surface area (Å²) in [4.78, 5) is 11.4. The van der Waals surface area contributed by atoms with Gasteiger partial charge in [-0.15, -0.1) is 0 Å². The molecule has 0 aliphatic heterocycles. The van der Waals surface area contributed by atoms with E-state index in [1.54, 1.807) is 0 Å². The van der Waals surface area contributed by atoms with Crippen molar-refractivity contribution in [3.63, 3.8) is 0 Å². The number of esters is 1. The molecule has 5 heteroatoms. The van der Waals surface area contributed by atoms with Crippen LogP contribution in [0.3, 0.4) is 0 Å². The Morgan fingerprint density at radius 1 is 1.31 bits per heavy atom. The molecular formula is C11H11Cl3O2. The van der Waals surface area contributed by atoms with Gasteiger partial charge in [-0.25, -0.2) is 4.79 Å². The summed E-state index contributed by atoms with van der Waals surface area (Å²) in [6, 6.07) is 9.33. The van der Waals surface area contributed by atoms with Crippen LogP contribution in [0.1, 0.15) is 25.0 Å². The van der Waals surface area contributed by atoms with Crippen LogP contribution in [-0.2, 0) is 9.53 Å². The fourth-order valence-electron chi connectivity index (χ4n) is 1.25. The number of hydrogen-bond donors (Lipinski definition) is 0. The monoisotopic (exact) mass is 280 g/mol. The zero-order valence-corrected chi connectivity index (χ0v) is 10.9. The highest BCUT2D eigenvalue weighted by molar-refractivity contribution is 6.75. The fourth-order valence-corrected chi connectivity index (χ4v) is 1.38. The fraction of sp³-hybridized carbons (Fsp3) is 0.364. The van der Waals surface area contributed by atoms with Crippen LogP contribution in [0.4, 0.5) is 0 Å². The number of alkyl halides is 3. The second-order valence-electron chi connectivity index (χ2n) is 3.21. The van der Waals surface area contributed by atoms with Gasteiger partial charge in [-0.2, -0.15) is 0 Å². The standard InChI is InChI=1S/C11H11Cl3O2/c1-2-9(8-6-4-3-5-7-8)16-10(15)11(12,13)14/h3-7,9H,2H2,1H3/t9-/m1/s1. The maximum Gasteiger partial charge on any atom is 0.359 e. The second kappa shape index (κ2) is 5.76. The summed E-state index contributed by atoms with van der Waals surface area (Å²) in [6.45, 7) is 1.89. The van der Waals surface area contributed by atoms with E-state index >= 15 is 0 Å². The van der Waals surface area contributed by atoms with Crippen LogP contribution in [0.15, 0.2) is 30.3 Å². The van der Waals surface area contributed by atoms with E-state index < -0.39 is 9.76 Å². The molecule has 16 heavy (non-hydrogen) atoms.